The third-order valence-electron chi connectivity index (χ3n) is 3.01. The summed E-state index contributed by atoms with van der Waals surface area (Å²) in [5.74, 6) is -2.04. The maximum atomic E-state index is 12.9. The monoisotopic (exact) mass is 349 g/mol. The van der Waals surface area contributed by atoms with Crippen molar-refractivity contribution in [1.29, 1.82) is 0 Å². The van der Waals surface area contributed by atoms with Crippen molar-refractivity contribution in [3.63, 3.8) is 0 Å². The Morgan fingerprint density at radius 3 is 2.38 bits per heavy atom. The molecule has 2 rings (SSSR count). The van der Waals surface area contributed by atoms with Crippen LogP contribution in [0.25, 0.3) is 0 Å². The minimum atomic E-state index is -0.816. The zero-order chi connectivity index (χ0) is 17.7. The van der Waals surface area contributed by atoms with Crippen LogP contribution in [0.1, 0.15) is 27.6 Å². The molecule has 7 heteroatoms. The summed E-state index contributed by atoms with van der Waals surface area (Å²) in [6.45, 7) is 0.894. The van der Waals surface area contributed by atoms with Gasteiger partial charge >= 0.3 is 5.97 Å². The van der Waals surface area contributed by atoms with E-state index in [2.05, 4.69) is 5.32 Å². The van der Waals surface area contributed by atoms with Crippen LogP contribution in [-0.4, -0.2) is 24.3 Å². The summed E-state index contributed by atoms with van der Waals surface area (Å²) in [6, 6.07) is 9.39. The Labute approximate surface area is 142 Å². The van der Waals surface area contributed by atoms with Crippen molar-refractivity contribution in [1.82, 2.24) is 0 Å². The summed E-state index contributed by atoms with van der Waals surface area (Å²) in [5.41, 5.74) is 0.850. The van der Waals surface area contributed by atoms with Gasteiger partial charge < -0.3 is 10.1 Å². The highest BCUT2D eigenvalue weighted by Gasteiger charge is 2.15. The van der Waals surface area contributed by atoms with Crippen molar-refractivity contribution in [3.8, 4) is 0 Å². The second-order valence-corrected chi connectivity index (χ2v) is 5.29. The lowest BCUT2D eigenvalue weighted by molar-refractivity contribution is -0.114. The molecule has 1 amide bonds. The molecule has 0 unspecified atom stereocenters. The SMILES string of the molecule is CC(=O)Nc1ccc(C(=O)COC(=O)c2ccc(F)cc2Cl)cc1. The zero-order valence-electron chi connectivity index (χ0n) is 12.6. The second-order valence-electron chi connectivity index (χ2n) is 4.88. The number of ether oxygens (including phenoxy) is 1. The number of benzene rings is 2. The lowest BCUT2D eigenvalue weighted by Crippen LogP contribution is -2.15. The van der Waals surface area contributed by atoms with Gasteiger partial charge in [-0.15, -0.1) is 0 Å². The number of carbonyl (C=O) groups is 3. The highest BCUT2D eigenvalue weighted by atomic mass is 35.5. The van der Waals surface area contributed by atoms with Gasteiger partial charge in [0.2, 0.25) is 5.91 Å². The van der Waals surface area contributed by atoms with Gasteiger partial charge in [-0.2, -0.15) is 0 Å². The molecule has 0 aliphatic rings. The average molecular weight is 350 g/mol. The van der Waals surface area contributed by atoms with Crippen molar-refractivity contribution in [2.24, 2.45) is 0 Å². The highest BCUT2D eigenvalue weighted by molar-refractivity contribution is 6.33. The van der Waals surface area contributed by atoms with Crippen LogP contribution in [-0.2, 0) is 9.53 Å². The minimum Gasteiger partial charge on any atom is -0.454 e. The van der Waals surface area contributed by atoms with Gasteiger partial charge in [-0.05, 0) is 42.5 Å². The van der Waals surface area contributed by atoms with E-state index < -0.39 is 24.2 Å². The maximum Gasteiger partial charge on any atom is 0.340 e. The second kappa shape index (κ2) is 7.70. The van der Waals surface area contributed by atoms with Crippen LogP contribution in [0.15, 0.2) is 42.5 Å². The molecule has 0 heterocycles. The van der Waals surface area contributed by atoms with Gasteiger partial charge in [-0.3, -0.25) is 9.59 Å². The lowest BCUT2D eigenvalue weighted by atomic mass is 10.1. The quantitative estimate of drug-likeness (QED) is 0.662. The number of ketones is 1. The molecule has 0 saturated heterocycles. The van der Waals surface area contributed by atoms with E-state index in [-0.39, 0.29) is 16.5 Å². The number of rotatable bonds is 5. The van der Waals surface area contributed by atoms with Gasteiger partial charge in [-0.1, -0.05) is 11.6 Å². The predicted octanol–water partition coefficient (Wildman–Crippen LogP) is 3.48. The Bertz CT molecular complexity index is 790. The van der Waals surface area contributed by atoms with Crippen LogP contribution in [0.2, 0.25) is 5.02 Å². The number of hydrogen-bond acceptors (Lipinski definition) is 4. The molecule has 0 spiro atoms. The molecule has 0 bridgehead atoms. The summed E-state index contributed by atoms with van der Waals surface area (Å²) in [4.78, 5) is 34.8. The van der Waals surface area contributed by atoms with Crippen molar-refractivity contribution >= 4 is 34.9 Å². The Balaban J connectivity index is 1.97. The largest absolute Gasteiger partial charge is 0.454 e. The van der Waals surface area contributed by atoms with E-state index >= 15 is 0 Å². The summed E-state index contributed by atoms with van der Waals surface area (Å²) < 4.78 is 17.8. The van der Waals surface area contributed by atoms with Gasteiger partial charge in [-0.25, -0.2) is 9.18 Å². The highest BCUT2D eigenvalue weighted by Crippen LogP contribution is 2.18. The number of nitrogens with one attached hydrogen (secondary N) is 1. The molecular formula is C17H13ClFNO4. The fourth-order valence-corrected chi connectivity index (χ4v) is 2.13. The molecule has 124 valence electrons. The number of esters is 1. The van der Waals surface area contributed by atoms with Crippen molar-refractivity contribution in [3.05, 3.63) is 64.4 Å². The number of anilines is 1. The Hall–Kier alpha value is -2.73. The van der Waals surface area contributed by atoms with Gasteiger partial charge in [0.1, 0.15) is 5.82 Å². The van der Waals surface area contributed by atoms with Gasteiger partial charge in [0.25, 0.3) is 0 Å². The van der Waals surface area contributed by atoms with Gasteiger partial charge in [0.05, 0.1) is 10.6 Å². The van der Waals surface area contributed by atoms with Crippen molar-refractivity contribution in [2.75, 3.05) is 11.9 Å². The first kappa shape index (κ1) is 17.6. The number of hydrogen-bond donors (Lipinski definition) is 1. The molecule has 2 aromatic rings. The summed E-state index contributed by atoms with van der Waals surface area (Å²) in [5, 5.41) is 2.48. The van der Waals surface area contributed by atoms with Gasteiger partial charge in [0.15, 0.2) is 12.4 Å². The summed E-state index contributed by atoms with van der Waals surface area (Å²) in [6.07, 6.45) is 0. The van der Waals surface area contributed by atoms with Crippen LogP contribution in [0.5, 0.6) is 0 Å². The zero-order valence-corrected chi connectivity index (χ0v) is 13.4. The molecule has 5 nitrogen and oxygen atoms in total. The van der Waals surface area contributed by atoms with E-state index in [0.29, 0.717) is 11.3 Å². The Morgan fingerprint density at radius 1 is 1.12 bits per heavy atom. The molecule has 0 aromatic heterocycles. The number of Topliss-reactive ketones (excluding diaryl/α,β-unsaturated/α-hetero) is 1. The van der Waals surface area contributed by atoms with Crippen LogP contribution < -0.4 is 5.32 Å². The van der Waals surface area contributed by atoms with E-state index in [0.717, 1.165) is 12.1 Å². The number of amides is 1. The van der Waals surface area contributed by atoms with E-state index in [4.69, 9.17) is 16.3 Å². The summed E-state index contributed by atoms with van der Waals surface area (Å²) in [7, 11) is 0. The standard InChI is InChI=1S/C17H13ClFNO4/c1-10(21)20-13-5-2-11(3-6-13)16(22)9-24-17(23)14-7-4-12(19)8-15(14)18/h2-8H,9H2,1H3,(H,20,21). The van der Waals surface area contributed by atoms with Crippen molar-refractivity contribution in [2.45, 2.75) is 6.92 Å². The topological polar surface area (TPSA) is 72.5 Å². The van der Waals surface area contributed by atoms with Crippen LogP contribution >= 0.6 is 11.6 Å². The molecule has 0 aliphatic carbocycles. The Morgan fingerprint density at radius 2 is 1.79 bits per heavy atom. The lowest BCUT2D eigenvalue weighted by Gasteiger charge is -2.07. The normalized spacial score (nSPS) is 10.1. The van der Waals surface area contributed by atoms with E-state index in [1.165, 1.54) is 25.1 Å². The first-order valence-corrected chi connectivity index (χ1v) is 7.27. The molecule has 0 aliphatic heterocycles. The molecule has 0 radical (unpaired) electrons. The third-order valence-corrected chi connectivity index (χ3v) is 3.33. The third kappa shape index (κ3) is 4.63. The first-order valence-electron chi connectivity index (χ1n) is 6.90. The molecule has 0 atom stereocenters. The van der Waals surface area contributed by atoms with Crippen LogP contribution in [0, 0.1) is 5.82 Å². The van der Waals surface area contributed by atoms with Gasteiger partial charge in [0, 0.05) is 18.2 Å². The predicted molar refractivity (Wildman–Crippen MR) is 86.8 cm³/mol. The average Bonchev–Trinajstić information content (AvgIpc) is 2.52. The minimum absolute atomic E-state index is 0.0214. The maximum absolute atomic E-state index is 12.9. The fourth-order valence-electron chi connectivity index (χ4n) is 1.89. The molecule has 24 heavy (non-hydrogen) atoms. The molecule has 2 aromatic carbocycles. The van der Waals surface area contributed by atoms with E-state index in [1.54, 1.807) is 12.1 Å². The van der Waals surface area contributed by atoms with E-state index in [1.807, 2.05) is 0 Å². The number of halogens is 2. The fraction of sp³-hybridized carbons (Fsp3) is 0.118. The first-order chi connectivity index (χ1) is 11.4. The van der Waals surface area contributed by atoms with Crippen LogP contribution in [0.4, 0.5) is 10.1 Å². The molecule has 0 saturated carbocycles. The van der Waals surface area contributed by atoms with Crippen molar-refractivity contribution < 1.29 is 23.5 Å². The smallest absolute Gasteiger partial charge is 0.340 e. The molecule has 0 fully saturated rings. The number of carbonyl (C=O) groups excluding carboxylic acids is 3. The van der Waals surface area contributed by atoms with E-state index in [9.17, 15) is 18.8 Å². The molecule has 1 N–H and O–H groups in total. The summed E-state index contributed by atoms with van der Waals surface area (Å²) >= 11 is 5.76. The van der Waals surface area contributed by atoms with Crippen LogP contribution in [0.3, 0.4) is 0 Å². The Kier molecular flexibility index (Phi) is 5.65. The molecular weight excluding hydrogens is 337 g/mol.